The third-order valence-electron chi connectivity index (χ3n) is 0.988. The molecule has 0 saturated carbocycles. The van der Waals surface area contributed by atoms with Crippen molar-refractivity contribution >= 4 is 23.5 Å². The minimum Gasteiger partial charge on any atom is -0.353 e. The van der Waals surface area contributed by atoms with Crippen molar-refractivity contribution in [3.8, 4) is 0 Å². The van der Waals surface area contributed by atoms with Crippen LogP contribution in [0.1, 0.15) is 20.8 Å². The first-order valence-electron chi connectivity index (χ1n) is 3.89. The van der Waals surface area contributed by atoms with Gasteiger partial charge in [0.05, 0.1) is 11.5 Å². The standard InChI is InChI=1S/C8H15NO2S/c1-6(2)9-8(11)5-12-4-7(3)10/h6H,4-5H2,1-3H3,(H,9,11). The number of hydrogen-bond donors (Lipinski definition) is 1. The maximum Gasteiger partial charge on any atom is 0.230 e. The van der Waals surface area contributed by atoms with Crippen LogP contribution in [0.15, 0.2) is 0 Å². The second kappa shape index (κ2) is 6.06. The lowest BCUT2D eigenvalue weighted by atomic mass is 10.4. The highest BCUT2D eigenvalue weighted by Crippen LogP contribution is 1.98. The Morgan fingerprint density at radius 3 is 2.33 bits per heavy atom. The third-order valence-corrected chi connectivity index (χ3v) is 2.07. The van der Waals surface area contributed by atoms with Crippen LogP contribution in [0.4, 0.5) is 0 Å². The number of Topliss-reactive ketones (excluding diaryl/α,β-unsaturated/α-hetero) is 1. The molecule has 1 amide bonds. The van der Waals surface area contributed by atoms with Gasteiger partial charge in [-0.2, -0.15) is 0 Å². The Balaban J connectivity index is 3.38. The predicted octanol–water partition coefficient (Wildman–Crippen LogP) is 0.833. The van der Waals surface area contributed by atoms with Gasteiger partial charge in [0, 0.05) is 6.04 Å². The van der Waals surface area contributed by atoms with E-state index in [4.69, 9.17) is 0 Å². The van der Waals surface area contributed by atoms with Gasteiger partial charge < -0.3 is 5.32 Å². The Labute approximate surface area is 77.3 Å². The lowest BCUT2D eigenvalue weighted by Gasteiger charge is -2.06. The monoisotopic (exact) mass is 189 g/mol. The maximum atomic E-state index is 11.0. The SMILES string of the molecule is CC(=O)CSCC(=O)NC(C)C. The minimum absolute atomic E-state index is 0.00347. The van der Waals surface area contributed by atoms with Gasteiger partial charge in [-0.15, -0.1) is 11.8 Å². The molecule has 12 heavy (non-hydrogen) atoms. The van der Waals surface area contributed by atoms with Crippen molar-refractivity contribution in [2.45, 2.75) is 26.8 Å². The lowest BCUT2D eigenvalue weighted by Crippen LogP contribution is -2.31. The van der Waals surface area contributed by atoms with E-state index in [2.05, 4.69) is 5.32 Å². The van der Waals surface area contributed by atoms with Gasteiger partial charge in [-0.3, -0.25) is 9.59 Å². The number of rotatable bonds is 5. The first-order chi connectivity index (χ1) is 5.52. The maximum absolute atomic E-state index is 11.0. The topological polar surface area (TPSA) is 46.2 Å². The molecule has 0 fully saturated rings. The third kappa shape index (κ3) is 7.60. The molecule has 70 valence electrons. The Hall–Kier alpha value is -0.510. The first kappa shape index (κ1) is 11.5. The van der Waals surface area contributed by atoms with Crippen molar-refractivity contribution in [3.63, 3.8) is 0 Å². The zero-order chi connectivity index (χ0) is 9.56. The van der Waals surface area contributed by atoms with Crippen LogP contribution in [0, 0.1) is 0 Å². The number of carbonyl (C=O) groups is 2. The molecule has 1 N–H and O–H groups in total. The van der Waals surface area contributed by atoms with Gasteiger partial charge in [-0.1, -0.05) is 0 Å². The number of ketones is 1. The van der Waals surface area contributed by atoms with Crippen molar-refractivity contribution < 1.29 is 9.59 Å². The number of carbonyl (C=O) groups excluding carboxylic acids is 2. The summed E-state index contributed by atoms with van der Waals surface area (Å²) in [7, 11) is 0. The van der Waals surface area contributed by atoms with Gasteiger partial charge in [0.15, 0.2) is 0 Å². The van der Waals surface area contributed by atoms with E-state index >= 15 is 0 Å². The van der Waals surface area contributed by atoms with E-state index in [1.54, 1.807) is 0 Å². The molecule has 0 aliphatic heterocycles. The number of amides is 1. The zero-order valence-electron chi connectivity index (χ0n) is 7.72. The highest BCUT2D eigenvalue weighted by molar-refractivity contribution is 8.00. The van der Waals surface area contributed by atoms with Crippen LogP contribution in [-0.2, 0) is 9.59 Å². The molecule has 0 saturated heterocycles. The summed E-state index contributed by atoms with van der Waals surface area (Å²) in [6.45, 7) is 5.34. The van der Waals surface area contributed by atoms with E-state index in [1.807, 2.05) is 13.8 Å². The smallest absolute Gasteiger partial charge is 0.230 e. The fourth-order valence-corrected chi connectivity index (χ4v) is 1.31. The largest absolute Gasteiger partial charge is 0.353 e. The van der Waals surface area contributed by atoms with Crippen LogP contribution in [0.25, 0.3) is 0 Å². The van der Waals surface area contributed by atoms with Crippen LogP contribution in [0.5, 0.6) is 0 Å². The van der Waals surface area contributed by atoms with Crippen molar-refractivity contribution in [2.24, 2.45) is 0 Å². The number of thioether (sulfide) groups is 1. The second-order valence-corrected chi connectivity index (χ2v) is 3.90. The fraction of sp³-hybridized carbons (Fsp3) is 0.750. The van der Waals surface area contributed by atoms with E-state index in [-0.39, 0.29) is 17.7 Å². The van der Waals surface area contributed by atoms with Gasteiger partial charge in [0.2, 0.25) is 5.91 Å². The van der Waals surface area contributed by atoms with E-state index < -0.39 is 0 Å². The van der Waals surface area contributed by atoms with Gasteiger partial charge in [-0.25, -0.2) is 0 Å². The molecule has 0 aliphatic carbocycles. The molecule has 0 aliphatic rings. The molecular weight excluding hydrogens is 174 g/mol. The number of hydrogen-bond acceptors (Lipinski definition) is 3. The van der Waals surface area contributed by atoms with Gasteiger partial charge in [0.1, 0.15) is 5.78 Å². The number of nitrogens with one attached hydrogen (secondary N) is 1. The molecule has 0 rings (SSSR count). The molecular formula is C8H15NO2S. The van der Waals surface area contributed by atoms with Crippen LogP contribution < -0.4 is 5.32 Å². The van der Waals surface area contributed by atoms with Crippen molar-refractivity contribution in [2.75, 3.05) is 11.5 Å². The average molecular weight is 189 g/mol. The summed E-state index contributed by atoms with van der Waals surface area (Å²) in [5.74, 6) is 0.900. The molecule has 0 aromatic heterocycles. The van der Waals surface area contributed by atoms with Gasteiger partial charge in [-0.05, 0) is 20.8 Å². The molecule has 3 nitrogen and oxygen atoms in total. The summed E-state index contributed by atoms with van der Waals surface area (Å²) in [5.41, 5.74) is 0. The summed E-state index contributed by atoms with van der Waals surface area (Å²) in [5, 5.41) is 2.75. The van der Waals surface area contributed by atoms with Crippen LogP contribution in [0.2, 0.25) is 0 Å². The van der Waals surface area contributed by atoms with E-state index in [0.717, 1.165) is 0 Å². The van der Waals surface area contributed by atoms with Crippen molar-refractivity contribution in [3.05, 3.63) is 0 Å². The summed E-state index contributed by atoms with van der Waals surface area (Å²) >= 11 is 1.35. The Morgan fingerprint density at radius 1 is 1.33 bits per heavy atom. The highest BCUT2D eigenvalue weighted by atomic mass is 32.2. The molecule has 0 heterocycles. The molecule has 0 atom stereocenters. The second-order valence-electron chi connectivity index (χ2n) is 2.92. The molecule has 4 heteroatoms. The molecule has 0 aromatic carbocycles. The summed E-state index contributed by atoms with van der Waals surface area (Å²) in [6.07, 6.45) is 0. The Bertz CT molecular complexity index is 168. The van der Waals surface area contributed by atoms with Crippen molar-refractivity contribution in [1.82, 2.24) is 5.32 Å². The quantitative estimate of drug-likeness (QED) is 0.697. The van der Waals surface area contributed by atoms with E-state index in [0.29, 0.717) is 11.5 Å². The highest BCUT2D eigenvalue weighted by Gasteiger charge is 2.03. The molecule has 0 bridgehead atoms. The van der Waals surface area contributed by atoms with Crippen LogP contribution in [0.3, 0.4) is 0 Å². The van der Waals surface area contributed by atoms with Crippen LogP contribution in [-0.4, -0.2) is 29.2 Å². The summed E-state index contributed by atoms with van der Waals surface area (Å²) in [4.78, 5) is 21.5. The lowest BCUT2D eigenvalue weighted by molar-refractivity contribution is -0.119. The van der Waals surface area contributed by atoms with Crippen LogP contribution >= 0.6 is 11.8 Å². The summed E-state index contributed by atoms with van der Waals surface area (Å²) < 4.78 is 0. The molecule has 0 spiro atoms. The Morgan fingerprint density at radius 2 is 1.92 bits per heavy atom. The fourth-order valence-electron chi connectivity index (χ4n) is 0.651. The van der Waals surface area contributed by atoms with E-state index in [9.17, 15) is 9.59 Å². The van der Waals surface area contributed by atoms with Gasteiger partial charge >= 0.3 is 0 Å². The predicted molar refractivity (Wildman–Crippen MR) is 51.3 cm³/mol. The molecule has 0 aromatic rings. The first-order valence-corrected chi connectivity index (χ1v) is 5.04. The molecule has 0 radical (unpaired) electrons. The minimum atomic E-state index is -0.00347. The summed E-state index contributed by atoms with van der Waals surface area (Å²) in [6, 6.07) is 0.176. The zero-order valence-corrected chi connectivity index (χ0v) is 8.53. The Kier molecular flexibility index (Phi) is 5.80. The normalized spacial score (nSPS) is 10.0. The van der Waals surface area contributed by atoms with Gasteiger partial charge in [0.25, 0.3) is 0 Å². The van der Waals surface area contributed by atoms with E-state index in [1.165, 1.54) is 18.7 Å². The molecule has 0 unspecified atom stereocenters. The van der Waals surface area contributed by atoms with Crippen molar-refractivity contribution in [1.29, 1.82) is 0 Å². The average Bonchev–Trinajstić information content (AvgIpc) is 1.84.